The van der Waals surface area contributed by atoms with Crippen LogP contribution >= 0.6 is 0 Å². The first kappa shape index (κ1) is 24.8. The fourth-order valence-corrected chi connectivity index (χ4v) is 5.62. The van der Waals surface area contributed by atoms with Gasteiger partial charge < -0.3 is 29.4 Å². The van der Waals surface area contributed by atoms with E-state index < -0.39 is 0 Å². The second kappa shape index (κ2) is 10.3. The lowest BCUT2D eigenvalue weighted by Crippen LogP contribution is -2.42. The average molecular weight is 520 g/mol. The Hall–Kier alpha value is -3.54. The van der Waals surface area contributed by atoms with E-state index in [2.05, 4.69) is 32.6 Å². The number of ether oxygens (including phenoxy) is 3. The number of methoxy groups -OCH3 is 2. The lowest BCUT2D eigenvalue weighted by atomic mass is 9.82. The topological polar surface area (TPSA) is 117 Å². The van der Waals surface area contributed by atoms with Gasteiger partial charge in [0.15, 0.2) is 5.65 Å². The van der Waals surface area contributed by atoms with E-state index in [0.29, 0.717) is 36.9 Å². The fourth-order valence-electron chi connectivity index (χ4n) is 5.62. The summed E-state index contributed by atoms with van der Waals surface area (Å²) in [5, 5.41) is 11.7. The van der Waals surface area contributed by atoms with Crippen molar-refractivity contribution in [1.29, 1.82) is 0 Å². The van der Waals surface area contributed by atoms with Gasteiger partial charge >= 0.3 is 0 Å². The zero-order valence-corrected chi connectivity index (χ0v) is 21.9. The Morgan fingerprint density at radius 3 is 2.82 bits per heavy atom. The van der Waals surface area contributed by atoms with Crippen LogP contribution in [-0.4, -0.2) is 83.3 Å². The van der Waals surface area contributed by atoms with Crippen LogP contribution in [0.25, 0.3) is 27.9 Å². The highest BCUT2D eigenvalue weighted by atomic mass is 16.5. The van der Waals surface area contributed by atoms with E-state index in [1.807, 2.05) is 19.2 Å². The van der Waals surface area contributed by atoms with Crippen LogP contribution < -0.4 is 10.6 Å². The average Bonchev–Trinajstić information content (AvgIpc) is 3.54. The minimum absolute atomic E-state index is 0.0731. The lowest BCUT2D eigenvalue weighted by Gasteiger charge is -2.35. The van der Waals surface area contributed by atoms with Gasteiger partial charge in [0.05, 0.1) is 30.6 Å². The standard InChI is InChI=1S/C27H33N7O4/c1-28-24-11-20(32-26-18(13-31-34(24)26)27(35)30-12-16-6-7-22(16)36-2)19-14-33(25-17(19)5-4-9-29-25)21-8-10-38-15-23(21)37-3/h4-5,9,11,13-14,16,21-23,28H,6-8,10,12,15H2,1-3H3,(H,30,35)/t16?,21-,22-,23+/m0/s1. The molecule has 0 spiro atoms. The Morgan fingerprint density at radius 2 is 2.05 bits per heavy atom. The van der Waals surface area contributed by atoms with Crippen LogP contribution in [0.3, 0.4) is 0 Å². The van der Waals surface area contributed by atoms with Gasteiger partial charge in [-0.2, -0.15) is 9.61 Å². The van der Waals surface area contributed by atoms with Crippen molar-refractivity contribution in [3.8, 4) is 11.3 Å². The molecule has 0 bridgehead atoms. The smallest absolute Gasteiger partial charge is 0.256 e. The normalized spacial score (nSPS) is 23.4. The number of carbonyl (C=O) groups is 1. The Morgan fingerprint density at radius 1 is 1.18 bits per heavy atom. The quantitative estimate of drug-likeness (QED) is 0.365. The van der Waals surface area contributed by atoms with Crippen LogP contribution in [0.4, 0.5) is 5.82 Å². The number of aromatic nitrogens is 5. The molecule has 2 aliphatic rings. The summed E-state index contributed by atoms with van der Waals surface area (Å²) in [5.41, 5.74) is 3.45. The molecule has 0 aromatic carbocycles. The van der Waals surface area contributed by atoms with E-state index in [1.165, 1.54) is 0 Å². The Labute approximate surface area is 220 Å². The third-order valence-corrected chi connectivity index (χ3v) is 7.94. The molecule has 11 nitrogen and oxygen atoms in total. The van der Waals surface area contributed by atoms with Crippen LogP contribution in [0, 0.1) is 5.92 Å². The van der Waals surface area contributed by atoms with Crippen molar-refractivity contribution in [3.05, 3.63) is 42.4 Å². The molecule has 200 valence electrons. The Bertz CT molecular complexity index is 1460. The molecular weight excluding hydrogens is 486 g/mol. The number of rotatable bonds is 8. The van der Waals surface area contributed by atoms with Crippen LogP contribution in [0.5, 0.6) is 0 Å². The summed E-state index contributed by atoms with van der Waals surface area (Å²) in [6.45, 7) is 1.77. The molecule has 4 aromatic rings. The van der Waals surface area contributed by atoms with Crippen molar-refractivity contribution in [2.75, 3.05) is 46.3 Å². The van der Waals surface area contributed by atoms with Gasteiger partial charge in [-0.3, -0.25) is 4.79 Å². The van der Waals surface area contributed by atoms with Crippen LogP contribution in [0.15, 0.2) is 36.8 Å². The first-order valence-electron chi connectivity index (χ1n) is 13.1. The number of pyridine rings is 1. The van der Waals surface area contributed by atoms with Crippen molar-refractivity contribution in [3.63, 3.8) is 0 Å². The van der Waals surface area contributed by atoms with Gasteiger partial charge in [-0.05, 0) is 31.4 Å². The van der Waals surface area contributed by atoms with Crippen molar-refractivity contribution < 1.29 is 19.0 Å². The maximum Gasteiger partial charge on any atom is 0.256 e. The van der Waals surface area contributed by atoms with Gasteiger partial charge in [0, 0.05) is 69.7 Å². The maximum absolute atomic E-state index is 13.2. The zero-order chi connectivity index (χ0) is 26.2. The first-order chi connectivity index (χ1) is 18.6. The maximum atomic E-state index is 13.2. The summed E-state index contributed by atoms with van der Waals surface area (Å²) in [7, 11) is 5.27. The van der Waals surface area contributed by atoms with Crippen molar-refractivity contribution in [2.45, 2.75) is 37.5 Å². The van der Waals surface area contributed by atoms with Gasteiger partial charge in [-0.25, -0.2) is 9.97 Å². The first-order valence-corrected chi connectivity index (χ1v) is 13.1. The summed E-state index contributed by atoms with van der Waals surface area (Å²) < 4.78 is 20.7. The molecule has 11 heteroatoms. The monoisotopic (exact) mass is 519 g/mol. The van der Waals surface area contributed by atoms with E-state index in [0.717, 1.165) is 47.4 Å². The SMILES string of the molecule is CNc1cc(-c2cn([C@H]3CCOC[C@H]3OC)c3ncccc23)nc2c(C(=O)NCC3CC[C@@H]3OC)cnn12. The van der Waals surface area contributed by atoms with Crippen molar-refractivity contribution >= 4 is 28.4 Å². The van der Waals surface area contributed by atoms with Crippen molar-refractivity contribution in [1.82, 2.24) is 29.5 Å². The fraction of sp³-hybridized carbons (Fsp3) is 0.481. The molecule has 4 aromatic heterocycles. The number of fused-ring (bicyclic) bond motifs is 2. The zero-order valence-electron chi connectivity index (χ0n) is 21.9. The molecule has 0 radical (unpaired) electrons. The molecule has 6 rings (SSSR count). The van der Waals surface area contributed by atoms with Gasteiger partial charge in [0.25, 0.3) is 5.91 Å². The number of hydrogen-bond donors (Lipinski definition) is 2. The minimum atomic E-state index is -0.192. The molecule has 1 aliphatic carbocycles. The molecule has 5 heterocycles. The highest BCUT2D eigenvalue weighted by Crippen LogP contribution is 2.35. The Balaban J connectivity index is 1.40. The van der Waals surface area contributed by atoms with E-state index in [4.69, 9.17) is 24.2 Å². The van der Waals surface area contributed by atoms with Gasteiger partial charge in [-0.1, -0.05) is 0 Å². The Kier molecular flexibility index (Phi) is 6.73. The molecular formula is C27H33N7O4. The highest BCUT2D eigenvalue weighted by molar-refractivity contribution is 6.01. The van der Waals surface area contributed by atoms with Gasteiger partial charge in [0.1, 0.15) is 23.1 Å². The van der Waals surface area contributed by atoms with E-state index in [1.54, 1.807) is 31.1 Å². The minimum Gasteiger partial charge on any atom is -0.381 e. The number of anilines is 1. The molecule has 1 aliphatic heterocycles. The molecule has 1 amide bonds. The molecule has 1 saturated heterocycles. The second-order valence-corrected chi connectivity index (χ2v) is 9.92. The molecule has 1 unspecified atom stereocenters. The molecule has 4 atom stereocenters. The molecule has 38 heavy (non-hydrogen) atoms. The van der Waals surface area contributed by atoms with Gasteiger partial charge in [-0.15, -0.1) is 0 Å². The molecule has 2 N–H and O–H groups in total. The largest absolute Gasteiger partial charge is 0.381 e. The third-order valence-electron chi connectivity index (χ3n) is 7.94. The summed E-state index contributed by atoms with van der Waals surface area (Å²) in [6.07, 6.45) is 8.51. The number of carbonyl (C=O) groups excluding carboxylic acids is 1. The highest BCUT2D eigenvalue weighted by Gasteiger charge is 2.32. The number of nitrogens with zero attached hydrogens (tertiary/aromatic N) is 5. The van der Waals surface area contributed by atoms with E-state index in [9.17, 15) is 4.79 Å². The summed E-state index contributed by atoms with van der Waals surface area (Å²) in [4.78, 5) is 22.9. The number of amides is 1. The number of hydrogen-bond acceptors (Lipinski definition) is 8. The van der Waals surface area contributed by atoms with E-state index in [-0.39, 0.29) is 24.2 Å². The third kappa shape index (κ3) is 4.20. The van der Waals surface area contributed by atoms with Gasteiger partial charge in [0.2, 0.25) is 0 Å². The summed E-state index contributed by atoms with van der Waals surface area (Å²) >= 11 is 0. The summed E-state index contributed by atoms with van der Waals surface area (Å²) in [6, 6.07) is 6.01. The lowest BCUT2D eigenvalue weighted by molar-refractivity contribution is -0.0592. The molecule has 1 saturated carbocycles. The predicted octanol–water partition coefficient (Wildman–Crippen LogP) is 2.92. The van der Waals surface area contributed by atoms with Crippen molar-refractivity contribution in [2.24, 2.45) is 5.92 Å². The second-order valence-electron chi connectivity index (χ2n) is 9.92. The van der Waals surface area contributed by atoms with Crippen LogP contribution in [0.2, 0.25) is 0 Å². The van der Waals surface area contributed by atoms with E-state index >= 15 is 0 Å². The summed E-state index contributed by atoms with van der Waals surface area (Å²) in [5.74, 6) is 0.873. The number of nitrogens with one attached hydrogen (secondary N) is 2. The van der Waals surface area contributed by atoms with Crippen LogP contribution in [-0.2, 0) is 14.2 Å². The van der Waals surface area contributed by atoms with Crippen LogP contribution in [0.1, 0.15) is 35.7 Å². The molecule has 2 fully saturated rings. The predicted molar refractivity (Wildman–Crippen MR) is 142 cm³/mol.